The maximum Gasteiger partial charge on any atom is 0.573 e. The minimum Gasteiger partial charge on any atom is -0.406 e. The topological polar surface area (TPSA) is 114 Å². The fourth-order valence-electron chi connectivity index (χ4n) is 4.70. The molecule has 14 heteroatoms. The van der Waals surface area contributed by atoms with Gasteiger partial charge in [-0.2, -0.15) is 5.10 Å². The van der Waals surface area contributed by atoms with E-state index < -0.39 is 17.9 Å². The predicted molar refractivity (Wildman–Crippen MR) is 166 cm³/mol. The molecule has 0 saturated carbocycles. The molecule has 2 N–H and O–H groups in total. The third kappa shape index (κ3) is 8.01. The van der Waals surface area contributed by atoms with Crippen molar-refractivity contribution in [3.05, 3.63) is 89.7 Å². The van der Waals surface area contributed by atoms with Crippen LogP contribution in [0.1, 0.15) is 36.5 Å². The van der Waals surface area contributed by atoms with Crippen LogP contribution in [-0.4, -0.2) is 50.5 Å². The van der Waals surface area contributed by atoms with Crippen LogP contribution < -0.4 is 20.4 Å². The van der Waals surface area contributed by atoms with Crippen molar-refractivity contribution in [3.63, 3.8) is 0 Å². The van der Waals surface area contributed by atoms with Gasteiger partial charge in [0.2, 0.25) is 5.91 Å². The van der Waals surface area contributed by atoms with E-state index in [2.05, 4.69) is 44.5 Å². The number of carbonyl (C=O) groups excluding carboxylic acids is 2. The number of halogens is 3. The minimum absolute atomic E-state index is 0.0751. The molecule has 0 aliphatic carbocycles. The third-order valence-corrected chi connectivity index (χ3v) is 7.84. The molecule has 2 heterocycles. The Balaban J connectivity index is 1.17. The van der Waals surface area contributed by atoms with Gasteiger partial charge in [0, 0.05) is 18.2 Å². The van der Waals surface area contributed by atoms with Crippen LogP contribution in [0.25, 0.3) is 17.1 Å². The van der Waals surface area contributed by atoms with Crippen molar-refractivity contribution in [3.8, 4) is 22.8 Å². The monoisotopic (exact) mass is 637 g/mol. The summed E-state index contributed by atoms with van der Waals surface area (Å²) in [5.41, 5.74) is 6.86. The number of hydrogen-bond acceptors (Lipinski definition) is 7. The van der Waals surface area contributed by atoms with E-state index in [1.165, 1.54) is 47.0 Å². The number of aromatic nitrogens is 3. The van der Waals surface area contributed by atoms with Gasteiger partial charge in [0.05, 0.1) is 17.1 Å². The molecule has 0 bridgehead atoms. The number of thioether (sulfide) groups is 1. The summed E-state index contributed by atoms with van der Waals surface area (Å²) in [6.45, 7) is 6.09. The lowest BCUT2D eigenvalue weighted by atomic mass is 9.98. The van der Waals surface area contributed by atoms with Gasteiger partial charge in [0.1, 0.15) is 12.1 Å². The van der Waals surface area contributed by atoms with Crippen LogP contribution in [0.15, 0.2) is 78.2 Å². The molecule has 1 aliphatic rings. The van der Waals surface area contributed by atoms with Gasteiger partial charge in [0.25, 0.3) is 0 Å². The lowest BCUT2D eigenvalue weighted by Gasteiger charge is -2.28. The van der Waals surface area contributed by atoms with Crippen LogP contribution in [0.5, 0.6) is 5.75 Å². The van der Waals surface area contributed by atoms with E-state index in [-0.39, 0.29) is 23.3 Å². The second kappa shape index (κ2) is 13.4. The molecule has 4 aromatic rings. The van der Waals surface area contributed by atoms with Gasteiger partial charge in [-0.25, -0.2) is 19.9 Å². The molecule has 10 nitrogen and oxygen atoms in total. The fourth-order valence-corrected chi connectivity index (χ4v) is 5.71. The summed E-state index contributed by atoms with van der Waals surface area (Å²) in [5, 5.41) is 11.3. The number of hydrogen-bond donors (Lipinski definition) is 2. The second-order valence-corrected chi connectivity index (χ2v) is 11.6. The molecule has 3 amide bonds. The van der Waals surface area contributed by atoms with Crippen LogP contribution in [-0.2, 0) is 11.2 Å². The van der Waals surface area contributed by atoms with Gasteiger partial charge in [-0.05, 0) is 65.9 Å². The second-order valence-electron chi connectivity index (χ2n) is 10.5. The van der Waals surface area contributed by atoms with Gasteiger partial charge >= 0.3 is 12.4 Å². The Morgan fingerprint density at radius 1 is 1.16 bits per heavy atom. The van der Waals surface area contributed by atoms with Crippen LogP contribution in [0.2, 0.25) is 0 Å². The number of anilines is 1. The highest BCUT2D eigenvalue weighted by atomic mass is 32.2. The van der Waals surface area contributed by atoms with Crippen LogP contribution >= 0.6 is 11.8 Å². The molecule has 0 radical (unpaired) electrons. The number of benzene rings is 3. The molecule has 1 unspecified atom stereocenters. The number of carbonyl (C=O) groups is 2. The van der Waals surface area contributed by atoms with Gasteiger partial charge in [0.15, 0.2) is 11.3 Å². The van der Waals surface area contributed by atoms with Crippen molar-refractivity contribution in [2.45, 2.75) is 45.0 Å². The van der Waals surface area contributed by atoms with E-state index >= 15 is 0 Å². The molecular weight excluding hydrogens is 607 g/mol. The molecule has 3 aromatic carbocycles. The summed E-state index contributed by atoms with van der Waals surface area (Å²) in [5.74, 6) is 0.473. The van der Waals surface area contributed by atoms with Crippen LogP contribution in [0.4, 0.5) is 23.7 Å². The Morgan fingerprint density at radius 2 is 1.93 bits per heavy atom. The molecule has 1 saturated heterocycles. The minimum atomic E-state index is -4.77. The van der Waals surface area contributed by atoms with E-state index in [0.29, 0.717) is 17.9 Å². The average Bonchev–Trinajstić information content (AvgIpc) is 3.62. The highest BCUT2D eigenvalue weighted by Crippen LogP contribution is 2.35. The first-order valence-corrected chi connectivity index (χ1v) is 15.0. The molecule has 45 heavy (non-hydrogen) atoms. The van der Waals surface area contributed by atoms with Crippen LogP contribution in [0, 0.1) is 6.92 Å². The quantitative estimate of drug-likeness (QED) is 0.168. The number of aryl methyl sites for hydroxylation is 1. The van der Waals surface area contributed by atoms with Crippen molar-refractivity contribution < 1.29 is 27.5 Å². The Hall–Kier alpha value is -4.85. The third-order valence-electron chi connectivity index (χ3n) is 6.79. The number of amides is 3. The van der Waals surface area contributed by atoms with Gasteiger partial charge in [-0.1, -0.05) is 44.2 Å². The van der Waals surface area contributed by atoms with Crippen LogP contribution in [0.3, 0.4) is 0 Å². The summed E-state index contributed by atoms with van der Waals surface area (Å²) < 4.78 is 42.6. The van der Waals surface area contributed by atoms with Gasteiger partial charge in [-0.3, -0.25) is 9.69 Å². The van der Waals surface area contributed by atoms with Gasteiger partial charge in [-0.15, -0.1) is 30.0 Å². The van der Waals surface area contributed by atoms with E-state index in [1.807, 2.05) is 49.4 Å². The number of nitrogens with zero attached hydrogens (tertiary/aromatic N) is 5. The zero-order valence-electron chi connectivity index (χ0n) is 24.6. The Morgan fingerprint density at radius 3 is 2.67 bits per heavy atom. The number of alkyl halides is 3. The molecule has 0 spiro atoms. The Kier molecular flexibility index (Phi) is 9.42. The molecule has 5 rings (SSSR count). The molecular formula is C31H30F3N7O3S. The first kappa shape index (κ1) is 31.6. The first-order chi connectivity index (χ1) is 21.5. The van der Waals surface area contributed by atoms with E-state index in [9.17, 15) is 22.8 Å². The molecule has 234 valence electrons. The predicted octanol–water partition coefficient (Wildman–Crippen LogP) is 6.16. The molecule has 1 atom stereocenters. The summed E-state index contributed by atoms with van der Waals surface area (Å²) in [7, 11) is 0. The SMILES string of the molecule is Cc1ccc(C(C)C)c(N2C(=O)CSC2NC(=O)N/N=C/Cc2cccc(-c3ncn(-c4ccc(OC(F)(F)F)cc4)n3)c2)c1. The van der Waals surface area contributed by atoms with E-state index in [4.69, 9.17) is 0 Å². The van der Waals surface area contributed by atoms with E-state index in [1.54, 1.807) is 11.1 Å². The van der Waals surface area contributed by atoms with Crippen molar-refractivity contribution in [1.82, 2.24) is 25.5 Å². The zero-order valence-corrected chi connectivity index (χ0v) is 25.4. The summed E-state index contributed by atoms with van der Waals surface area (Å²) in [6, 6.07) is 18.2. The van der Waals surface area contributed by atoms with E-state index in [0.717, 1.165) is 27.9 Å². The number of rotatable bonds is 9. The molecule has 1 aliphatic heterocycles. The Bertz CT molecular complexity index is 1710. The molecule has 1 fully saturated rings. The molecule has 1 aromatic heterocycles. The Labute approximate surface area is 261 Å². The summed E-state index contributed by atoms with van der Waals surface area (Å²) in [4.78, 5) is 31.4. The normalized spacial score (nSPS) is 15.2. The van der Waals surface area contributed by atoms with Crippen molar-refractivity contribution in [2.24, 2.45) is 5.10 Å². The number of ether oxygens (including phenoxy) is 1. The average molecular weight is 638 g/mol. The summed E-state index contributed by atoms with van der Waals surface area (Å²) >= 11 is 1.34. The largest absolute Gasteiger partial charge is 0.573 e. The lowest BCUT2D eigenvalue weighted by Crippen LogP contribution is -2.48. The first-order valence-electron chi connectivity index (χ1n) is 14.0. The fraction of sp³-hybridized carbons (Fsp3) is 0.258. The maximum atomic E-state index is 12.8. The maximum absolute atomic E-state index is 12.8. The number of hydrazone groups is 1. The smallest absolute Gasteiger partial charge is 0.406 e. The summed E-state index contributed by atoms with van der Waals surface area (Å²) in [6.07, 6.45) is -1.35. The van der Waals surface area contributed by atoms with Crippen molar-refractivity contribution in [1.29, 1.82) is 0 Å². The van der Waals surface area contributed by atoms with Crippen molar-refractivity contribution >= 4 is 35.6 Å². The van der Waals surface area contributed by atoms with Gasteiger partial charge < -0.3 is 10.1 Å². The number of nitrogens with one attached hydrogen (secondary N) is 2. The highest BCUT2D eigenvalue weighted by molar-refractivity contribution is 8.01. The standard InChI is InChI=1S/C31H30F3N7O3S/c1-19(2)25-12-7-20(3)15-26(25)41-27(42)17-45-30(41)37-29(43)38-36-14-13-21-5-4-6-22(16-21)28-35-18-40(39-28)23-8-10-24(11-9-23)44-31(32,33)34/h4-12,14-16,18-19,30H,13,17H2,1-3H3,(H2,37,38,43)/b36-14+. The lowest BCUT2D eigenvalue weighted by molar-refractivity contribution is -0.274. The zero-order chi connectivity index (χ0) is 32.1. The number of urea groups is 1. The van der Waals surface area contributed by atoms with Crippen molar-refractivity contribution in [2.75, 3.05) is 10.7 Å². The highest BCUT2D eigenvalue weighted by Gasteiger charge is 2.35.